The van der Waals surface area contributed by atoms with E-state index in [0.29, 0.717) is 5.56 Å². The monoisotopic (exact) mass is 336 g/mol. The van der Waals surface area contributed by atoms with Gasteiger partial charge in [0.05, 0.1) is 5.71 Å². The van der Waals surface area contributed by atoms with Gasteiger partial charge in [-0.25, -0.2) is 5.43 Å². The van der Waals surface area contributed by atoms with Crippen LogP contribution in [0.3, 0.4) is 0 Å². The van der Waals surface area contributed by atoms with Gasteiger partial charge in [-0.05, 0) is 49.6 Å². The smallest absolute Gasteiger partial charge is 0.271 e. The number of nitrogens with zero attached hydrogens (tertiary/aromatic N) is 3. The van der Waals surface area contributed by atoms with E-state index in [1.54, 1.807) is 24.5 Å². The van der Waals surface area contributed by atoms with Crippen molar-refractivity contribution in [2.24, 2.45) is 5.10 Å². The Bertz CT molecular complexity index is 717. The lowest BCUT2D eigenvalue weighted by atomic mass is 10.1. The number of nitrogens with one attached hydrogen (secondary N) is 1. The van der Waals surface area contributed by atoms with Crippen molar-refractivity contribution < 1.29 is 4.79 Å². The van der Waals surface area contributed by atoms with Gasteiger partial charge in [0.2, 0.25) is 0 Å². The summed E-state index contributed by atoms with van der Waals surface area (Å²) in [6, 6.07) is 11.7. The van der Waals surface area contributed by atoms with Gasteiger partial charge >= 0.3 is 0 Å². The summed E-state index contributed by atoms with van der Waals surface area (Å²) in [5.74, 6) is -0.233. The number of anilines is 1. The van der Waals surface area contributed by atoms with E-state index in [0.717, 1.165) is 24.4 Å². The Morgan fingerprint density at radius 1 is 0.960 bits per heavy atom. The highest BCUT2D eigenvalue weighted by Gasteiger charge is 2.10. The van der Waals surface area contributed by atoms with E-state index in [4.69, 9.17) is 0 Å². The molecule has 0 unspecified atom stereocenters. The van der Waals surface area contributed by atoms with E-state index in [1.165, 1.54) is 31.4 Å². The number of carbonyl (C=O) groups is 1. The molecule has 2 heterocycles. The Morgan fingerprint density at radius 3 is 2.24 bits per heavy atom. The van der Waals surface area contributed by atoms with E-state index in [9.17, 15) is 4.79 Å². The van der Waals surface area contributed by atoms with Gasteiger partial charge in [-0.1, -0.05) is 25.0 Å². The van der Waals surface area contributed by atoms with E-state index >= 15 is 0 Å². The molecule has 1 N–H and O–H groups in total. The van der Waals surface area contributed by atoms with Crippen LogP contribution in [0, 0.1) is 0 Å². The quantitative estimate of drug-likeness (QED) is 0.685. The third-order valence-corrected chi connectivity index (χ3v) is 4.52. The molecule has 5 heteroatoms. The molecule has 1 saturated heterocycles. The number of hydrogen-bond donors (Lipinski definition) is 1. The molecule has 1 amide bonds. The molecular weight excluding hydrogens is 312 g/mol. The number of carbonyl (C=O) groups excluding carboxylic acids is 1. The normalized spacial score (nSPS) is 15.6. The molecule has 1 aliphatic rings. The molecule has 1 aromatic carbocycles. The zero-order valence-electron chi connectivity index (χ0n) is 14.6. The minimum absolute atomic E-state index is 0.233. The lowest BCUT2D eigenvalue weighted by Crippen LogP contribution is -2.23. The second-order valence-corrected chi connectivity index (χ2v) is 6.32. The van der Waals surface area contributed by atoms with Crippen LogP contribution in [-0.2, 0) is 0 Å². The van der Waals surface area contributed by atoms with Crippen molar-refractivity contribution in [3.05, 3.63) is 59.9 Å². The van der Waals surface area contributed by atoms with Gasteiger partial charge in [0.25, 0.3) is 5.91 Å². The molecule has 0 saturated carbocycles. The summed E-state index contributed by atoms with van der Waals surface area (Å²) in [7, 11) is 0. The minimum Gasteiger partial charge on any atom is -0.372 e. The summed E-state index contributed by atoms with van der Waals surface area (Å²) in [5, 5.41) is 4.21. The number of benzene rings is 1. The van der Waals surface area contributed by atoms with Gasteiger partial charge in [0, 0.05) is 36.7 Å². The van der Waals surface area contributed by atoms with Gasteiger partial charge in [-0.15, -0.1) is 0 Å². The number of rotatable bonds is 4. The van der Waals surface area contributed by atoms with Crippen LogP contribution in [0.15, 0.2) is 53.9 Å². The highest BCUT2D eigenvalue weighted by atomic mass is 16.2. The summed E-state index contributed by atoms with van der Waals surface area (Å²) in [6.07, 6.45) is 8.38. The fourth-order valence-corrected chi connectivity index (χ4v) is 3.01. The van der Waals surface area contributed by atoms with Crippen LogP contribution >= 0.6 is 0 Å². The Labute approximate surface area is 148 Å². The van der Waals surface area contributed by atoms with Crippen LogP contribution in [0.4, 0.5) is 5.69 Å². The predicted molar refractivity (Wildman–Crippen MR) is 101 cm³/mol. The number of pyridine rings is 1. The molecule has 25 heavy (non-hydrogen) atoms. The van der Waals surface area contributed by atoms with Crippen molar-refractivity contribution in [2.45, 2.75) is 32.6 Å². The van der Waals surface area contributed by atoms with Gasteiger partial charge in [-0.3, -0.25) is 9.78 Å². The molecule has 0 aliphatic carbocycles. The summed E-state index contributed by atoms with van der Waals surface area (Å²) in [6.45, 7) is 4.16. The third-order valence-electron chi connectivity index (χ3n) is 4.52. The van der Waals surface area contributed by atoms with Crippen molar-refractivity contribution >= 4 is 17.3 Å². The maximum absolute atomic E-state index is 12.0. The molecule has 0 spiro atoms. The molecule has 0 atom stereocenters. The molecule has 1 aliphatic heterocycles. The van der Waals surface area contributed by atoms with Crippen LogP contribution in [0.5, 0.6) is 0 Å². The van der Waals surface area contributed by atoms with Crippen LogP contribution in [0.1, 0.15) is 48.5 Å². The number of hydrogen-bond acceptors (Lipinski definition) is 4. The lowest BCUT2D eigenvalue weighted by Gasteiger charge is -2.22. The largest absolute Gasteiger partial charge is 0.372 e. The maximum Gasteiger partial charge on any atom is 0.271 e. The van der Waals surface area contributed by atoms with E-state index < -0.39 is 0 Å². The molecule has 2 aromatic rings. The Balaban J connectivity index is 1.63. The molecule has 5 nitrogen and oxygen atoms in total. The molecule has 0 radical (unpaired) electrons. The number of hydrazone groups is 1. The third kappa shape index (κ3) is 4.66. The average Bonchev–Trinajstić information content (AvgIpc) is 2.96. The maximum atomic E-state index is 12.0. The first-order valence-electron chi connectivity index (χ1n) is 8.84. The van der Waals surface area contributed by atoms with E-state index in [2.05, 4.69) is 44.7 Å². The molecule has 0 bridgehead atoms. The zero-order chi connectivity index (χ0) is 17.5. The highest BCUT2D eigenvalue weighted by Crippen LogP contribution is 2.20. The van der Waals surface area contributed by atoms with E-state index in [-0.39, 0.29) is 5.91 Å². The van der Waals surface area contributed by atoms with Crippen molar-refractivity contribution in [2.75, 3.05) is 18.0 Å². The zero-order valence-corrected chi connectivity index (χ0v) is 14.6. The number of amides is 1. The van der Waals surface area contributed by atoms with Crippen molar-refractivity contribution in [1.29, 1.82) is 0 Å². The first-order valence-corrected chi connectivity index (χ1v) is 8.84. The molecular formula is C20H24N4O. The van der Waals surface area contributed by atoms with Crippen LogP contribution in [-0.4, -0.2) is 29.7 Å². The van der Waals surface area contributed by atoms with Gasteiger partial charge in [0.15, 0.2) is 0 Å². The first-order chi connectivity index (χ1) is 12.2. The molecule has 3 rings (SSSR count). The Morgan fingerprint density at radius 2 is 1.60 bits per heavy atom. The Kier molecular flexibility index (Phi) is 5.77. The van der Waals surface area contributed by atoms with Crippen LogP contribution in [0.2, 0.25) is 0 Å². The second kappa shape index (κ2) is 8.42. The fraction of sp³-hybridized carbons (Fsp3) is 0.350. The average molecular weight is 336 g/mol. The van der Waals surface area contributed by atoms with Crippen molar-refractivity contribution in [3.63, 3.8) is 0 Å². The van der Waals surface area contributed by atoms with Gasteiger partial charge in [0.1, 0.15) is 0 Å². The standard InChI is InChI=1S/C20H24N4O/c1-16(22-23-20(25)18-10-12-21-13-11-18)17-6-8-19(9-7-17)24-14-4-2-3-5-15-24/h6-13H,2-5,14-15H2,1H3,(H,23,25). The molecule has 1 aromatic heterocycles. The summed E-state index contributed by atoms with van der Waals surface area (Å²) in [5.41, 5.74) is 6.19. The minimum atomic E-state index is -0.233. The Hall–Kier alpha value is -2.69. The van der Waals surface area contributed by atoms with E-state index in [1.807, 2.05) is 6.92 Å². The first kappa shape index (κ1) is 17.1. The van der Waals surface area contributed by atoms with Crippen LogP contribution in [0.25, 0.3) is 0 Å². The van der Waals surface area contributed by atoms with Gasteiger partial charge in [-0.2, -0.15) is 5.10 Å². The SMILES string of the molecule is CC(=NNC(=O)c1ccncc1)c1ccc(N2CCCCCC2)cc1. The van der Waals surface area contributed by atoms with Crippen molar-refractivity contribution in [3.8, 4) is 0 Å². The predicted octanol–water partition coefficient (Wildman–Crippen LogP) is 3.62. The molecule has 130 valence electrons. The second-order valence-electron chi connectivity index (χ2n) is 6.32. The number of aromatic nitrogens is 1. The summed E-state index contributed by atoms with van der Waals surface area (Å²) >= 11 is 0. The fourth-order valence-electron chi connectivity index (χ4n) is 3.01. The highest BCUT2D eigenvalue weighted by molar-refractivity contribution is 6.01. The topological polar surface area (TPSA) is 57.6 Å². The lowest BCUT2D eigenvalue weighted by molar-refractivity contribution is 0.0954. The summed E-state index contributed by atoms with van der Waals surface area (Å²) in [4.78, 5) is 18.4. The van der Waals surface area contributed by atoms with Gasteiger partial charge < -0.3 is 4.90 Å². The van der Waals surface area contributed by atoms with Crippen LogP contribution < -0.4 is 10.3 Å². The molecule has 1 fully saturated rings. The summed E-state index contributed by atoms with van der Waals surface area (Å²) < 4.78 is 0. The van der Waals surface area contributed by atoms with Crippen molar-refractivity contribution in [1.82, 2.24) is 10.4 Å².